The molecule has 1 saturated carbocycles. The van der Waals surface area contributed by atoms with Crippen molar-refractivity contribution in [3.8, 4) is 0 Å². The first kappa shape index (κ1) is 28.4. The van der Waals surface area contributed by atoms with E-state index in [9.17, 15) is 4.79 Å². The molecule has 0 N–H and O–H groups in total. The van der Waals surface area contributed by atoms with E-state index in [1.54, 1.807) is 0 Å². The van der Waals surface area contributed by atoms with Gasteiger partial charge in [0.15, 0.2) is 0 Å². The third-order valence-corrected chi connectivity index (χ3v) is 6.46. The van der Waals surface area contributed by atoms with E-state index in [2.05, 4.69) is 32.9 Å². The fourth-order valence-corrected chi connectivity index (χ4v) is 4.40. The van der Waals surface area contributed by atoms with Crippen LogP contribution >= 0.6 is 0 Å². The second-order valence-corrected chi connectivity index (χ2v) is 9.18. The zero-order chi connectivity index (χ0) is 21.6. The first-order chi connectivity index (χ1) is 14.2. The van der Waals surface area contributed by atoms with Crippen LogP contribution in [0.4, 0.5) is 0 Å². The smallest absolute Gasteiger partial charge is 0.132 e. The van der Waals surface area contributed by atoms with Gasteiger partial charge in [-0.1, -0.05) is 110 Å². The Morgan fingerprint density at radius 3 is 2.03 bits per heavy atom. The Morgan fingerprint density at radius 2 is 1.38 bits per heavy atom. The van der Waals surface area contributed by atoms with Gasteiger partial charge in [-0.15, -0.1) is 0 Å². The van der Waals surface area contributed by atoms with Crippen LogP contribution in [0.5, 0.6) is 0 Å². The lowest BCUT2D eigenvalue weighted by Crippen LogP contribution is -2.05. The minimum atomic E-state index is 0.406. The second kappa shape index (κ2) is 22.1. The maximum atomic E-state index is 10.7. The number of unbranched alkanes of at least 4 members (excludes halogenated alkanes) is 10. The summed E-state index contributed by atoms with van der Waals surface area (Å²) in [6.45, 7) is 8.67. The molecule has 0 heterocycles. The molecule has 0 aliphatic heterocycles. The Labute approximate surface area is 184 Å². The highest BCUT2D eigenvalue weighted by Crippen LogP contribution is 2.36. The quantitative estimate of drug-likeness (QED) is 0.173. The summed E-state index contributed by atoms with van der Waals surface area (Å²) in [7, 11) is 0. The third kappa shape index (κ3) is 17.9. The minimum absolute atomic E-state index is 0.406. The molecule has 0 saturated heterocycles. The molecule has 1 fully saturated rings. The Hall–Kier alpha value is -0.590. The standard InChI is InChI=1S/C20H38.C8H16O/c1-3-5-7-9-11-13-16-20-18-14-17-19(20)15-12-10-8-6-4-2;1-3-5-6-7-8(9)4-2/h13,16,19-20H,3-12,14-15,17-18H2,1-2H3;3-7H2,1-2H3/b16-13+;/t19-,20-;/m0./s1. The molecule has 0 aromatic heterocycles. The monoisotopic (exact) mass is 406 g/mol. The highest BCUT2D eigenvalue weighted by molar-refractivity contribution is 5.77. The van der Waals surface area contributed by atoms with Gasteiger partial charge in [-0.2, -0.15) is 0 Å². The molecule has 0 spiro atoms. The molecular weight excluding hydrogens is 352 g/mol. The SMILES string of the molecule is CCCCCC(=O)CC.CCCCCC/C=C/[C@H]1CCC[C@@H]1CCCCCCC. The fraction of sp³-hybridized carbons (Fsp3) is 0.893. The van der Waals surface area contributed by atoms with Crippen molar-refractivity contribution in [1.82, 2.24) is 0 Å². The largest absolute Gasteiger partial charge is 0.300 e. The molecule has 1 rings (SSSR count). The van der Waals surface area contributed by atoms with Gasteiger partial charge in [0.25, 0.3) is 0 Å². The molecule has 0 aromatic carbocycles. The molecule has 172 valence electrons. The lowest BCUT2D eigenvalue weighted by Gasteiger charge is -2.16. The van der Waals surface area contributed by atoms with E-state index in [0.29, 0.717) is 12.2 Å². The number of hydrogen-bond donors (Lipinski definition) is 0. The molecule has 2 atom stereocenters. The second-order valence-electron chi connectivity index (χ2n) is 9.18. The van der Waals surface area contributed by atoms with Crippen molar-refractivity contribution < 1.29 is 4.79 Å². The predicted octanol–water partition coefficient (Wildman–Crippen LogP) is 9.84. The Morgan fingerprint density at radius 1 is 0.759 bits per heavy atom. The van der Waals surface area contributed by atoms with Gasteiger partial charge in [0.05, 0.1) is 0 Å². The molecule has 0 amide bonds. The maximum Gasteiger partial charge on any atom is 0.132 e. The van der Waals surface area contributed by atoms with Crippen molar-refractivity contribution in [1.29, 1.82) is 0 Å². The molecular formula is C28H54O. The minimum Gasteiger partial charge on any atom is -0.300 e. The van der Waals surface area contributed by atoms with Gasteiger partial charge in [0.1, 0.15) is 5.78 Å². The Kier molecular flexibility index (Phi) is 21.7. The van der Waals surface area contributed by atoms with E-state index in [1.807, 2.05) is 6.92 Å². The summed E-state index contributed by atoms with van der Waals surface area (Å²) >= 11 is 0. The number of ketones is 1. The van der Waals surface area contributed by atoms with Crippen LogP contribution in [0.1, 0.15) is 150 Å². The summed E-state index contributed by atoms with van der Waals surface area (Å²) in [4.78, 5) is 10.7. The Bertz CT molecular complexity index is 371. The summed E-state index contributed by atoms with van der Waals surface area (Å²) in [6, 6.07) is 0. The predicted molar refractivity (Wildman–Crippen MR) is 132 cm³/mol. The molecule has 0 unspecified atom stereocenters. The Balaban J connectivity index is 0.000000734. The van der Waals surface area contributed by atoms with Crippen LogP contribution in [0, 0.1) is 11.8 Å². The number of carbonyl (C=O) groups is 1. The van der Waals surface area contributed by atoms with E-state index in [4.69, 9.17) is 0 Å². The van der Waals surface area contributed by atoms with Crippen LogP contribution in [-0.4, -0.2) is 5.78 Å². The average Bonchev–Trinajstić information content (AvgIpc) is 3.18. The van der Waals surface area contributed by atoms with E-state index in [-0.39, 0.29) is 0 Å². The van der Waals surface area contributed by atoms with Gasteiger partial charge < -0.3 is 0 Å². The lowest BCUT2D eigenvalue weighted by atomic mass is 9.90. The normalized spacial score (nSPS) is 18.8. The topological polar surface area (TPSA) is 17.1 Å². The van der Waals surface area contributed by atoms with Gasteiger partial charge in [-0.3, -0.25) is 4.79 Å². The number of rotatable bonds is 17. The lowest BCUT2D eigenvalue weighted by molar-refractivity contribution is -0.118. The average molecular weight is 407 g/mol. The molecule has 1 aliphatic carbocycles. The van der Waals surface area contributed by atoms with Gasteiger partial charge in [-0.05, 0) is 50.4 Å². The van der Waals surface area contributed by atoms with Gasteiger partial charge in [0, 0.05) is 12.8 Å². The number of hydrogen-bond acceptors (Lipinski definition) is 1. The highest BCUT2D eigenvalue weighted by Gasteiger charge is 2.24. The highest BCUT2D eigenvalue weighted by atomic mass is 16.1. The summed E-state index contributed by atoms with van der Waals surface area (Å²) in [6.07, 6.45) is 30.1. The van der Waals surface area contributed by atoms with Crippen molar-refractivity contribution in [3.05, 3.63) is 12.2 Å². The van der Waals surface area contributed by atoms with Gasteiger partial charge >= 0.3 is 0 Å². The van der Waals surface area contributed by atoms with E-state index < -0.39 is 0 Å². The van der Waals surface area contributed by atoms with Crippen molar-refractivity contribution in [2.24, 2.45) is 11.8 Å². The van der Waals surface area contributed by atoms with Crippen molar-refractivity contribution >= 4 is 5.78 Å². The molecule has 0 radical (unpaired) electrons. The van der Waals surface area contributed by atoms with Crippen molar-refractivity contribution in [2.75, 3.05) is 0 Å². The zero-order valence-corrected chi connectivity index (χ0v) is 20.7. The molecule has 0 bridgehead atoms. The molecule has 29 heavy (non-hydrogen) atoms. The van der Waals surface area contributed by atoms with Crippen LogP contribution in [0.15, 0.2) is 12.2 Å². The number of carbonyl (C=O) groups excluding carboxylic acids is 1. The molecule has 1 nitrogen and oxygen atoms in total. The fourth-order valence-electron chi connectivity index (χ4n) is 4.40. The first-order valence-electron chi connectivity index (χ1n) is 13.4. The van der Waals surface area contributed by atoms with Crippen LogP contribution < -0.4 is 0 Å². The first-order valence-corrected chi connectivity index (χ1v) is 13.4. The number of allylic oxidation sites excluding steroid dienone is 2. The molecule has 0 aromatic rings. The van der Waals surface area contributed by atoms with Crippen LogP contribution in [-0.2, 0) is 4.79 Å². The summed E-state index contributed by atoms with van der Waals surface area (Å²) in [5.74, 6) is 2.35. The van der Waals surface area contributed by atoms with E-state index in [0.717, 1.165) is 24.7 Å². The van der Waals surface area contributed by atoms with Crippen molar-refractivity contribution in [2.45, 2.75) is 150 Å². The summed E-state index contributed by atoms with van der Waals surface area (Å²) in [5.41, 5.74) is 0. The van der Waals surface area contributed by atoms with E-state index in [1.165, 1.54) is 103 Å². The van der Waals surface area contributed by atoms with Crippen LogP contribution in [0.3, 0.4) is 0 Å². The van der Waals surface area contributed by atoms with Crippen LogP contribution in [0.25, 0.3) is 0 Å². The molecule has 1 heteroatoms. The number of Topliss-reactive ketones (excluding diaryl/α,β-unsaturated/α-hetero) is 1. The van der Waals surface area contributed by atoms with Gasteiger partial charge in [0.2, 0.25) is 0 Å². The van der Waals surface area contributed by atoms with E-state index >= 15 is 0 Å². The van der Waals surface area contributed by atoms with Gasteiger partial charge in [-0.25, -0.2) is 0 Å². The summed E-state index contributed by atoms with van der Waals surface area (Å²) in [5, 5.41) is 0. The molecule has 1 aliphatic rings. The third-order valence-electron chi connectivity index (χ3n) is 6.46. The maximum absolute atomic E-state index is 10.7. The summed E-state index contributed by atoms with van der Waals surface area (Å²) < 4.78 is 0. The van der Waals surface area contributed by atoms with Crippen molar-refractivity contribution in [3.63, 3.8) is 0 Å². The van der Waals surface area contributed by atoms with Crippen LogP contribution in [0.2, 0.25) is 0 Å². The zero-order valence-electron chi connectivity index (χ0n) is 20.7.